The van der Waals surface area contributed by atoms with Crippen molar-refractivity contribution in [2.24, 2.45) is 4.99 Å². The molecular weight excluding hydrogens is 320 g/mol. The summed E-state index contributed by atoms with van der Waals surface area (Å²) in [5.41, 5.74) is 0.872. The Bertz CT molecular complexity index is 730. The van der Waals surface area contributed by atoms with Crippen LogP contribution in [-0.2, 0) is 6.42 Å². The number of aliphatic imine (C=N–C) groups is 1. The van der Waals surface area contributed by atoms with Gasteiger partial charge >= 0.3 is 5.69 Å². The van der Waals surface area contributed by atoms with Crippen molar-refractivity contribution in [2.75, 3.05) is 13.7 Å². The lowest BCUT2D eigenvalue weighted by molar-refractivity contribution is -0.385. The molecule has 0 heterocycles. The summed E-state index contributed by atoms with van der Waals surface area (Å²) in [6.45, 7) is 0.478. The first-order valence-corrected chi connectivity index (χ1v) is 7.18. The molecule has 0 atom stereocenters. The summed E-state index contributed by atoms with van der Waals surface area (Å²) in [6.07, 6.45) is 2.08. The Morgan fingerprint density at radius 2 is 2.04 bits per heavy atom. The van der Waals surface area contributed by atoms with E-state index < -0.39 is 16.4 Å². The molecule has 120 valence electrons. The lowest BCUT2D eigenvalue weighted by Gasteiger charge is -2.03. The van der Waals surface area contributed by atoms with Gasteiger partial charge in [0.05, 0.1) is 12.0 Å². The normalized spacial score (nSPS) is 10.9. The molecule has 0 aliphatic carbocycles. The molecule has 2 aromatic carbocycles. The molecule has 0 saturated carbocycles. The van der Waals surface area contributed by atoms with E-state index in [0.717, 1.165) is 17.4 Å². The molecule has 0 unspecified atom stereocenters. The van der Waals surface area contributed by atoms with Gasteiger partial charge in [-0.15, -0.1) is 0 Å². The molecule has 1 N–H and O–H groups in total. The van der Waals surface area contributed by atoms with Gasteiger partial charge in [0, 0.05) is 29.4 Å². The van der Waals surface area contributed by atoms with Crippen molar-refractivity contribution < 1.29 is 14.8 Å². The van der Waals surface area contributed by atoms with Gasteiger partial charge in [0.1, 0.15) is 5.75 Å². The minimum Gasteiger partial charge on any atom is -0.502 e. The molecule has 0 aliphatic rings. The van der Waals surface area contributed by atoms with Crippen LogP contribution in [0.1, 0.15) is 11.1 Å². The molecule has 7 heteroatoms. The summed E-state index contributed by atoms with van der Waals surface area (Å²) in [7, 11) is 1.61. The Balaban J connectivity index is 2.04. The van der Waals surface area contributed by atoms with E-state index in [1.807, 2.05) is 24.3 Å². The van der Waals surface area contributed by atoms with Crippen LogP contribution in [0.4, 0.5) is 5.69 Å². The molecule has 0 saturated heterocycles. The monoisotopic (exact) mass is 334 g/mol. The van der Waals surface area contributed by atoms with Crippen LogP contribution < -0.4 is 4.74 Å². The first kappa shape index (κ1) is 16.8. The number of benzene rings is 2. The number of aromatic hydroxyl groups is 1. The van der Waals surface area contributed by atoms with Crippen LogP contribution >= 0.6 is 11.6 Å². The topological polar surface area (TPSA) is 85.0 Å². The number of hydrogen-bond acceptors (Lipinski definition) is 5. The lowest BCUT2D eigenvalue weighted by atomic mass is 10.1. The van der Waals surface area contributed by atoms with Crippen molar-refractivity contribution in [3.05, 3.63) is 62.7 Å². The van der Waals surface area contributed by atoms with E-state index in [2.05, 4.69) is 4.99 Å². The Labute approximate surface area is 138 Å². The average molecular weight is 335 g/mol. The van der Waals surface area contributed by atoms with E-state index in [4.69, 9.17) is 16.3 Å². The molecule has 2 rings (SSSR count). The predicted octanol–water partition coefficient (Wildman–Crippen LogP) is 3.62. The highest BCUT2D eigenvalue weighted by Gasteiger charge is 2.17. The Kier molecular flexibility index (Phi) is 5.54. The Hall–Kier alpha value is -2.60. The van der Waals surface area contributed by atoms with Crippen molar-refractivity contribution in [1.82, 2.24) is 0 Å². The SMILES string of the molecule is COc1ccc(CCN=Cc2cc(Cl)cc([N+](=O)[O-])c2O)cc1. The van der Waals surface area contributed by atoms with Crippen LogP contribution in [0, 0.1) is 10.1 Å². The first-order valence-electron chi connectivity index (χ1n) is 6.81. The van der Waals surface area contributed by atoms with Crippen molar-refractivity contribution >= 4 is 23.5 Å². The largest absolute Gasteiger partial charge is 0.502 e. The highest BCUT2D eigenvalue weighted by Crippen LogP contribution is 2.32. The second-order valence-electron chi connectivity index (χ2n) is 4.75. The van der Waals surface area contributed by atoms with E-state index in [1.165, 1.54) is 12.3 Å². The molecule has 0 aromatic heterocycles. The van der Waals surface area contributed by atoms with E-state index in [1.54, 1.807) is 7.11 Å². The van der Waals surface area contributed by atoms with Crippen LogP contribution in [0.2, 0.25) is 5.02 Å². The van der Waals surface area contributed by atoms with Gasteiger partial charge in [0.15, 0.2) is 0 Å². The third-order valence-electron chi connectivity index (χ3n) is 3.20. The number of ether oxygens (including phenoxy) is 1. The van der Waals surface area contributed by atoms with Crippen LogP contribution in [0.3, 0.4) is 0 Å². The van der Waals surface area contributed by atoms with Gasteiger partial charge in [0.25, 0.3) is 0 Å². The number of nitrogens with zero attached hydrogens (tertiary/aromatic N) is 2. The number of nitro benzene ring substituents is 1. The van der Waals surface area contributed by atoms with E-state index in [-0.39, 0.29) is 10.6 Å². The van der Waals surface area contributed by atoms with Crippen molar-refractivity contribution in [3.8, 4) is 11.5 Å². The molecular formula is C16H15ClN2O4. The summed E-state index contributed by atoms with van der Waals surface area (Å²) < 4.78 is 5.08. The van der Waals surface area contributed by atoms with Gasteiger partial charge in [-0.25, -0.2) is 0 Å². The molecule has 0 aliphatic heterocycles. The number of hydrogen-bond donors (Lipinski definition) is 1. The van der Waals surface area contributed by atoms with Gasteiger partial charge in [-0.05, 0) is 30.2 Å². The molecule has 2 aromatic rings. The van der Waals surface area contributed by atoms with Crippen LogP contribution in [0.15, 0.2) is 41.4 Å². The number of halogens is 1. The number of phenolic OH excluding ortho intramolecular Hbond substituents is 1. The number of rotatable bonds is 6. The number of nitro groups is 1. The number of methoxy groups -OCH3 is 1. The van der Waals surface area contributed by atoms with Crippen molar-refractivity contribution in [1.29, 1.82) is 0 Å². The van der Waals surface area contributed by atoms with E-state index >= 15 is 0 Å². The maximum absolute atomic E-state index is 10.8. The highest BCUT2D eigenvalue weighted by atomic mass is 35.5. The smallest absolute Gasteiger partial charge is 0.312 e. The Morgan fingerprint density at radius 1 is 1.35 bits per heavy atom. The molecule has 0 radical (unpaired) electrons. The average Bonchev–Trinajstić information content (AvgIpc) is 2.54. The van der Waals surface area contributed by atoms with Crippen LogP contribution in [0.25, 0.3) is 0 Å². The molecule has 6 nitrogen and oxygen atoms in total. The van der Waals surface area contributed by atoms with Crippen molar-refractivity contribution in [2.45, 2.75) is 6.42 Å². The third kappa shape index (κ3) is 4.43. The third-order valence-corrected chi connectivity index (χ3v) is 3.42. The van der Waals surface area contributed by atoms with Gasteiger partial charge in [-0.3, -0.25) is 15.1 Å². The van der Waals surface area contributed by atoms with Gasteiger partial charge in [-0.1, -0.05) is 23.7 Å². The fourth-order valence-electron chi connectivity index (χ4n) is 1.99. The predicted molar refractivity (Wildman–Crippen MR) is 88.9 cm³/mol. The summed E-state index contributed by atoms with van der Waals surface area (Å²) in [5.74, 6) is 0.348. The zero-order valence-corrected chi connectivity index (χ0v) is 13.2. The van der Waals surface area contributed by atoms with E-state index in [0.29, 0.717) is 13.0 Å². The highest BCUT2D eigenvalue weighted by molar-refractivity contribution is 6.31. The summed E-state index contributed by atoms with van der Waals surface area (Å²) in [5, 5.41) is 20.9. The van der Waals surface area contributed by atoms with Crippen LogP contribution in [-0.4, -0.2) is 29.9 Å². The fraction of sp³-hybridized carbons (Fsp3) is 0.188. The second kappa shape index (κ2) is 7.60. The van der Waals surface area contributed by atoms with Gasteiger partial charge < -0.3 is 9.84 Å². The fourth-order valence-corrected chi connectivity index (χ4v) is 2.21. The minimum absolute atomic E-state index is 0.172. The summed E-state index contributed by atoms with van der Waals surface area (Å²) in [6, 6.07) is 10.1. The number of phenols is 1. The maximum Gasteiger partial charge on any atom is 0.312 e. The second-order valence-corrected chi connectivity index (χ2v) is 5.19. The van der Waals surface area contributed by atoms with Crippen molar-refractivity contribution in [3.63, 3.8) is 0 Å². The van der Waals surface area contributed by atoms with E-state index in [9.17, 15) is 15.2 Å². The standard InChI is InChI=1S/C16H15ClN2O4/c1-23-14-4-2-11(3-5-14)6-7-18-10-12-8-13(17)9-15(16(12)20)19(21)22/h2-5,8-10,20H,6-7H2,1H3. The van der Waals surface area contributed by atoms with Gasteiger partial charge in [0.2, 0.25) is 5.75 Å². The molecule has 0 spiro atoms. The summed E-state index contributed by atoms with van der Waals surface area (Å²) in [4.78, 5) is 14.3. The zero-order chi connectivity index (χ0) is 16.8. The Morgan fingerprint density at radius 3 is 2.65 bits per heavy atom. The minimum atomic E-state index is -0.685. The quantitative estimate of drug-likeness (QED) is 0.496. The first-order chi connectivity index (χ1) is 11.0. The maximum atomic E-state index is 10.8. The van der Waals surface area contributed by atoms with Crippen LogP contribution in [0.5, 0.6) is 11.5 Å². The van der Waals surface area contributed by atoms with Gasteiger partial charge in [-0.2, -0.15) is 0 Å². The molecule has 0 fully saturated rings. The summed E-state index contributed by atoms with van der Waals surface area (Å²) >= 11 is 5.81. The lowest BCUT2D eigenvalue weighted by Crippen LogP contribution is -1.94. The molecule has 0 bridgehead atoms. The molecule has 23 heavy (non-hydrogen) atoms. The molecule has 0 amide bonds. The zero-order valence-electron chi connectivity index (χ0n) is 12.4.